The van der Waals surface area contributed by atoms with E-state index in [0.29, 0.717) is 35.0 Å². The highest BCUT2D eigenvalue weighted by molar-refractivity contribution is 6.05. The second kappa shape index (κ2) is 7.52. The fraction of sp³-hybridized carbons (Fsp3) is 0.136. The summed E-state index contributed by atoms with van der Waals surface area (Å²) in [5.41, 5.74) is 4.14. The summed E-state index contributed by atoms with van der Waals surface area (Å²) in [5, 5.41) is 2.96. The summed E-state index contributed by atoms with van der Waals surface area (Å²) in [6.45, 7) is 4.44. The maximum Gasteiger partial charge on any atom is 0.255 e. The van der Waals surface area contributed by atoms with Gasteiger partial charge in [0.1, 0.15) is 5.75 Å². The number of amides is 1. The first kappa shape index (κ1) is 17.7. The van der Waals surface area contributed by atoms with E-state index in [9.17, 15) is 4.79 Å². The van der Waals surface area contributed by atoms with Crippen LogP contribution in [0.4, 0.5) is 5.69 Å². The Morgan fingerprint density at radius 3 is 2.71 bits per heavy atom. The predicted molar refractivity (Wildman–Crippen MR) is 108 cm³/mol. The van der Waals surface area contributed by atoms with Crippen molar-refractivity contribution in [3.05, 3.63) is 71.9 Å². The smallest absolute Gasteiger partial charge is 0.255 e. The van der Waals surface area contributed by atoms with Gasteiger partial charge in [-0.25, -0.2) is 4.98 Å². The molecule has 0 radical (unpaired) electrons. The lowest BCUT2D eigenvalue weighted by Gasteiger charge is -2.10. The highest BCUT2D eigenvalue weighted by atomic mass is 16.5. The molecule has 0 aliphatic carbocycles. The minimum absolute atomic E-state index is 0.192. The number of hydrogen-bond acceptors (Lipinski definition) is 5. The van der Waals surface area contributed by atoms with Gasteiger partial charge in [0.2, 0.25) is 5.89 Å². The number of aromatic nitrogens is 2. The van der Waals surface area contributed by atoms with Crippen molar-refractivity contribution in [3.8, 4) is 17.2 Å². The third-order valence-electron chi connectivity index (χ3n) is 4.33. The van der Waals surface area contributed by atoms with Gasteiger partial charge in [0.15, 0.2) is 11.2 Å². The second-order valence-corrected chi connectivity index (χ2v) is 6.29. The number of hydrogen-bond donors (Lipinski definition) is 1. The lowest BCUT2D eigenvalue weighted by atomic mass is 10.1. The number of rotatable bonds is 5. The standard InChI is InChI=1S/C22H19N3O3/c1-3-27-17-10-8-15(9-11-17)21(26)24-18-13-16(7-6-14(18)2)22-25-20-19(28-22)5-4-12-23-20/h4-13H,3H2,1-2H3,(H,24,26). The van der Waals surface area contributed by atoms with Gasteiger partial charge in [-0.05, 0) is 67.9 Å². The van der Waals surface area contributed by atoms with Crippen molar-refractivity contribution < 1.29 is 13.9 Å². The number of carbonyl (C=O) groups excluding carboxylic acids is 1. The van der Waals surface area contributed by atoms with Crippen LogP contribution in [0.2, 0.25) is 0 Å². The zero-order chi connectivity index (χ0) is 19.5. The van der Waals surface area contributed by atoms with Crippen LogP contribution in [0.1, 0.15) is 22.8 Å². The molecule has 0 saturated carbocycles. The number of carbonyl (C=O) groups is 1. The van der Waals surface area contributed by atoms with Crippen LogP contribution >= 0.6 is 0 Å². The predicted octanol–water partition coefficient (Wildman–Crippen LogP) is 4.85. The van der Waals surface area contributed by atoms with Crippen LogP contribution in [-0.2, 0) is 0 Å². The number of fused-ring (bicyclic) bond motifs is 1. The quantitative estimate of drug-likeness (QED) is 0.541. The zero-order valence-corrected chi connectivity index (χ0v) is 15.6. The molecule has 2 aromatic heterocycles. The normalized spacial score (nSPS) is 10.8. The molecule has 4 aromatic rings. The summed E-state index contributed by atoms with van der Waals surface area (Å²) in [6, 6.07) is 16.4. The molecule has 4 rings (SSSR count). The molecule has 1 N–H and O–H groups in total. The SMILES string of the molecule is CCOc1ccc(C(=O)Nc2cc(-c3nc4ncccc4o3)ccc2C)cc1. The molecule has 2 aromatic carbocycles. The first-order chi connectivity index (χ1) is 13.6. The van der Waals surface area contributed by atoms with Gasteiger partial charge in [-0.3, -0.25) is 4.79 Å². The summed E-state index contributed by atoms with van der Waals surface area (Å²) in [7, 11) is 0. The van der Waals surface area contributed by atoms with Crippen molar-refractivity contribution in [2.24, 2.45) is 0 Å². The van der Waals surface area contributed by atoms with Gasteiger partial charge in [-0.2, -0.15) is 4.98 Å². The van der Waals surface area contributed by atoms with E-state index < -0.39 is 0 Å². The van der Waals surface area contributed by atoms with E-state index in [1.165, 1.54) is 0 Å². The lowest BCUT2D eigenvalue weighted by molar-refractivity contribution is 0.102. The molecule has 0 fully saturated rings. The number of aryl methyl sites for hydroxylation is 1. The van der Waals surface area contributed by atoms with E-state index in [4.69, 9.17) is 9.15 Å². The molecule has 0 atom stereocenters. The maximum atomic E-state index is 12.6. The number of ether oxygens (including phenoxy) is 1. The summed E-state index contributed by atoms with van der Waals surface area (Å²) < 4.78 is 11.2. The number of pyridine rings is 1. The highest BCUT2D eigenvalue weighted by Gasteiger charge is 2.13. The van der Waals surface area contributed by atoms with Crippen LogP contribution in [0.25, 0.3) is 22.7 Å². The van der Waals surface area contributed by atoms with Crippen LogP contribution in [0, 0.1) is 6.92 Å². The molecule has 0 unspecified atom stereocenters. The van der Waals surface area contributed by atoms with Crippen molar-refractivity contribution >= 4 is 22.8 Å². The first-order valence-electron chi connectivity index (χ1n) is 9.01. The Bertz CT molecular complexity index is 1100. The number of nitrogens with one attached hydrogen (secondary N) is 1. The molecule has 2 heterocycles. The summed E-state index contributed by atoms with van der Waals surface area (Å²) in [4.78, 5) is 21.2. The van der Waals surface area contributed by atoms with E-state index in [-0.39, 0.29) is 5.91 Å². The van der Waals surface area contributed by atoms with Gasteiger partial charge in [0, 0.05) is 23.0 Å². The highest BCUT2D eigenvalue weighted by Crippen LogP contribution is 2.27. The fourth-order valence-electron chi connectivity index (χ4n) is 2.85. The van der Waals surface area contributed by atoms with Gasteiger partial charge >= 0.3 is 0 Å². The van der Waals surface area contributed by atoms with Crippen molar-refractivity contribution in [1.29, 1.82) is 0 Å². The average Bonchev–Trinajstić information content (AvgIpc) is 3.14. The van der Waals surface area contributed by atoms with Gasteiger partial charge in [0.05, 0.1) is 6.61 Å². The Balaban J connectivity index is 1.59. The summed E-state index contributed by atoms with van der Waals surface area (Å²) in [6.07, 6.45) is 1.67. The van der Waals surface area contributed by atoms with Crippen molar-refractivity contribution in [3.63, 3.8) is 0 Å². The molecule has 0 bridgehead atoms. The van der Waals surface area contributed by atoms with Crippen LogP contribution in [-0.4, -0.2) is 22.5 Å². The third-order valence-corrected chi connectivity index (χ3v) is 4.33. The minimum atomic E-state index is -0.192. The van der Waals surface area contributed by atoms with Crippen LogP contribution in [0.3, 0.4) is 0 Å². The number of anilines is 1. The maximum absolute atomic E-state index is 12.6. The van der Waals surface area contributed by atoms with Crippen molar-refractivity contribution in [1.82, 2.24) is 9.97 Å². The molecular weight excluding hydrogens is 354 g/mol. The average molecular weight is 373 g/mol. The topological polar surface area (TPSA) is 77.2 Å². The van der Waals surface area contributed by atoms with Crippen molar-refractivity contribution in [2.45, 2.75) is 13.8 Å². The van der Waals surface area contributed by atoms with E-state index in [1.54, 1.807) is 36.5 Å². The van der Waals surface area contributed by atoms with Crippen LogP contribution in [0.15, 0.2) is 65.2 Å². The van der Waals surface area contributed by atoms with Crippen LogP contribution in [0.5, 0.6) is 5.75 Å². The third kappa shape index (κ3) is 3.57. The van der Waals surface area contributed by atoms with E-state index in [0.717, 1.165) is 16.9 Å². The monoisotopic (exact) mass is 373 g/mol. The fourth-order valence-corrected chi connectivity index (χ4v) is 2.85. The molecular formula is C22H19N3O3. The van der Waals surface area contributed by atoms with E-state index >= 15 is 0 Å². The number of benzene rings is 2. The molecule has 6 heteroatoms. The van der Waals surface area contributed by atoms with E-state index in [1.807, 2.05) is 38.1 Å². The largest absolute Gasteiger partial charge is 0.494 e. The molecule has 0 spiro atoms. The summed E-state index contributed by atoms with van der Waals surface area (Å²) >= 11 is 0. The number of nitrogens with zero attached hydrogens (tertiary/aromatic N) is 2. The Morgan fingerprint density at radius 2 is 1.96 bits per heavy atom. The van der Waals surface area contributed by atoms with Crippen LogP contribution < -0.4 is 10.1 Å². The molecule has 0 aliphatic rings. The van der Waals surface area contributed by atoms with Gasteiger partial charge in [-0.1, -0.05) is 6.07 Å². The minimum Gasteiger partial charge on any atom is -0.494 e. The Hall–Kier alpha value is -3.67. The molecule has 0 aliphatic heterocycles. The Kier molecular flexibility index (Phi) is 4.76. The molecule has 0 saturated heterocycles. The van der Waals surface area contributed by atoms with Gasteiger partial charge in [-0.15, -0.1) is 0 Å². The summed E-state index contributed by atoms with van der Waals surface area (Å²) in [5.74, 6) is 1.01. The molecule has 140 valence electrons. The first-order valence-corrected chi connectivity index (χ1v) is 9.01. The zero-order valence-electron chi connectivity index (χ0n) is 15.6. The molecule has 28 heavy (non-hydrogen) atoms. The lowest BCUT2D eigenvalue weighted by Crippen LogP contribution is -2.12. The van der Waals surface area contributed by atoms with Gasteiger partial charge < -0.3 is 14.5 Å². The van der Waals surface area contributed by atoms with Crippen molar-refractivity contribution in [2.75, 3.05) is 11.9 Å². The second-order valence-electron chi connectivity index (χ2n) is 6.29. The van der Waals surface area contributed by atoms with E-state index in [2.05, 4.69) is 15.3 Å². The number of oxazole rings is 1. The van der Waals surface area contributed by atoms with Gasteiger partial charge in [0.25, 0.3) is 5.91 Å². The molecule has 1 amide bonds. The molecule has 6 nitrogen and oxygen atoms in total. The Morgan fingerprint density at radius 1 is 1.14 bits per heavy atom. The Labute approximate surface area is 162 Å².